The van der Waals surface area contributed by atoms with E-state index in [1.165, 1.54) is 0 Å². The van der Waals surface area contributed by atoms with Gasteiger partial charge in [-0.05, 0) is 22.3 Å². The summed E-state index contributed by atoms with van der Waals surface area (Å²) in [6.07, 6.45) is 0.116. The maximum absolute atomic E-state index is 12.1. The average molecular weight is 399 g/mol. The van der Waals surface area contributed by atoms with E-state index in [-0.39, 0.29) is 24.8 Å². The van der Waals surface area contributed by atoms with E-state index in [1.807, 2.05) is 56.3 Å². The molecule has 2 rings (SSSR count). The number of ether oxygens (including phenoxy) is 1. The molecule has 8 heteroatoms. The average Bonchev–Trinajstić information content (AvgIpc) is 2.69. The summed E-state index contributed by atoms with van der Waals surface area (Å²) in [6.45, 7) is 3.28. The fourth-order valence-corrected chi connectivity index (χ4v) is 2.55. The SMILES string of the molecule is CC(C)CNC(=O)NC(=O)COC(=O)CNC(=O)Cc1cccc2ccccc12. The van der Waals surface area contributed by atoms with Crippen LogP contribution in [0.4, 0.5) is 4.79 Å². The minimum atomic E-state index is -0.769. The van der Waals surface area contributed by atoms with E-state index in [2.05, 4.69) is 16.0 Å². The normalized spacial score (nSPS) is 10.4. The van der Waals surface area contributed by atoms with Crippen LogP contribution in [0.5, 0.6) is 0 Å². The Morgan fingerprint density at radius 2 is 1.66 bits per heavy atom. The molecule has 0 bridgehead atoms. The highest BCUT2D eigenvalue weighted by molar-refractivity contribution is 5.96. The van der Waals surface area contributed by atoms with Crippen LogP contribution in [-0.2, 0) is 25.5 Å². The van der Waals surface area contributed by atoms with Crippen molar-refractivity contribution in [2.45, 2.75) is 20.3 Å². The molecule has 0 heterocycles. The van der Waals surface area contributed by atoms with Crippen molar-refractivity contribution in [2.24, 2.45) is 5.92 Å². The zero-order valence-electron chi connectivity index (χ0n) is 16.5. The number of hydrogen-bond acceptors (Lipinski definition) is 5. The summed E-state index contributed by atoms with van der Waals surface area (Å²) in [4.78, 5) is 46.8. The van der Waals surface area contributed by atoms with Crippen molar-refractivity contribution in [3.05, 3.63) is 48.0 Å². The highest BCUT2D eigenvalue weighted by Crippen LogP contribution is 2.18. The Balaban J connectivity index is 1.71. The van der Waals surface area contributed by atoms with Crippen LogP contribution in [-0.4, -0.2) is 43.5 Å². The zero-order chi connectivity index (χ0) is 21.2. The van der Waals surface area contributed by atoms with Crippen molar-refractivity contribution in [2.75, 3.05) is 19.7 Å². The topological polar surface area (TPSA) is 114 Å². The van der Waals surface area contributed by atoms with Gasteiger partial charge in [-0.25, -0.2) is 4.79 Å². The molecule has 29 heavy (non-hydrogen) atoms. The molecule has 2 aromatic carbocycles. The zero-order valence-corrected chi connectivity index (χ0v) is 16.5. The molecular formula is C21H25N3O5. The smallest absolute Gasteiger partial charge is 0.325 e. The van der Waals surface area contributed by atoms with E-state index < -0.39 is 24.5 Å². The molecule has 2 aromatic rings. The number of carbonyl (C=O) groups is 4. The first kappa shape index (κ1) is 21.9. The highest BCUT2D eigenvalue weighted by Gasteiger charge is 2.13. The number of urea groups is 1. The fourth-order valence-electron chi connectivity index (χ4n) is 2.55. The van der Waals surface area contributed by atoms with Crippen LogP contribution >= 0.6 is 0 Å². The van der Waals surface area contributed by atoms with Gasteiger partial charge in [-0.3, -0.25) is 19.7 Å². The number of benzene rings is 2. The standard InChI is InChI=1S/C21H25N3O5/c1-14(2)11-23-21(28)24-19(26)13-29-20(27)12-22-18(25)10-16-8-5-7-15-6-3-4-9-17(15)16/h3-9,14H,10-13H2,1-2H3,(H,22,25)(H2,23,24,26,28). The third kappa shape index (κ3) is 7.61. The van der Waals surface area contributed by atoms with Crippen LogP contribution < -0.4 is 16.0 Å². The van der Waals surface area contributed by atoms with Gasteiger partial charge in [0.1, 0.15) is 6.54 Å². The molecule has 0 fully saturated rings. The summed E-state index contributed by atoms with van der Waals surface area (Å²) in [7, 11) is 0. The first-order valence-electron chi connectivity index (χ1n) is 9.31. The van der Waals surface area contributed by atoms with Crippen molar-refractivity contribution in [1.29, 1.82) is 0 Å². The highest BCUT2D eigenvalue weighted by atomic mass is 16.5. The number of nitrogens with one attached hydrogen (secondary N) is 3. The fraction of sp³-hybridized carbons (Fsp3) is 0.333. The number of hydrogen-bond donors (Lipinski definition) is 3. The summed E-state index contributed by atoms with van der Waals surface area (Å²) < 4.78 is 4.76. The lowest BCUT2D eigenvalue weighted by atomic mass is 10.0. The quantitative estimate of drug-likeness (QED) is 0.583. The number of amides is 4. The van der Waals surface area contributed by atoms with Gasteiger partial charge in [-0.1, -0.05) is 56.3 Å². The van der Waals surface area contributed by atoms with Crippen molar-refractivity contribution in [3.8, 4) is 0 Å². The van der Waals surface area contributed by atoms with E-state index in [9.17, 15) is 19.2 Å². The van der Waals surface area contributed by atoms with Crippen LogP contribution in [0, 0.1) is 5.92 Å². The number of carbonyl (C=O) groups excluding carboxylic acids is 4. The Labute approximate surface area is 169 Å². The lowest BCUT2D eigenvalue weighted by Crippen LogP contribution is -2.43. The molecule has 4 amide bonds. The van der Waals surface area contributed by atoms with Crippen LogP contribution in [0.25, 0.3) is 10.8 Å². The van der Waals surface area contributed by atoms with Gasteiger partial charge in [0, 0.05) is 6.54 Å². The van der Waals surface area contributed by atoms with Crippen LogP contribution in [0.15, 0.2) is 42.5 Å². The van der Waals surface area contributed by atoms with Crippen LogP contribution in [0.2, 0.25) is 0 Å². The van der Waals surface area contributed by atoms with Crippen molar-refractivity contribution >= 4 is 34.6 Å². The van der Waals surface area contributed by atoms with E-state index in [0.717, 1.165) is 16.3 Å². The van der Waals surface area contributed by atoms with Gasteiger partial charge in [-0.15, -0.1) is 0 Å². The van der Waals surface area contributed by atoms with E-state index in [1.54, 1.807) is 0 Å². The number of esters is 1. The van der Waals surface area contributed by atoms with Crippen LogP contribution in [0.1, 0.15) is 19.4 Å². The molecule has 0 spiro atoms. The van der Waals surface area contributed by atoms with Gasteiger partial charge >= 0.3 is 12.0 Å². The Hall–Kier alpha value is -3.42. The molecule has 0 saturated heterocycles. The Kier molecular flexibility index (Phi) is 8.14. The largest absolute Gasteiger partial charge is 0.454 e. The molecule has 0 aliphatic rings. The lowest BCUT2D eigenvalue weighted by molar-refractivity contribution is -0.148. The molecule has 0 unspecified atom stereocenters. The minimum Gasteiger partial charge on any atom is -0.454 e. The van der Waals surface area contributed by atoms with Gasteiger partial charge in [-0.2, -0.15) is 0 Å². The molecule has 0 radical (unpaired) electrons. The molecule has 0 aromatic heterocycles. The van der Waals surface area contributed by atoms with Gasteiger partial charge in [0.2, 0.25) is 5.91 Å². The van der Waals surface area contributed by atoms with Gasteiger partial charge in [0.05, 0.1) is 6.42 Å². The molecule has 3 N–H and O–H groups in total. The first-order valence-corrected chi connectivity index (χ1v) is 9.31. The first-order chi connectivity index (χ1) is 13.8. The summed E-state index contributed by atoms with van der Waals surface area (Å²) in [5, 5.41) is 9.03. The molecule has 0 atom stereocenters. The Morgan fingerprint density at radius 1 is 0.931 bits per heavy atom. The second-order valence-electron chi connectivity index (χ2n) is 6.90. The van der Waals surface area contributed by atoms with Gasteiger partial charge in [0.25, 0.3) is 5.91 Å². The predicted octanol–water partition coefficient (Wildman–Crippen LogP) is 1.52. The summed E-state index contributed by atoms with van der Waals surface area (Å²) in [5.74, 6) is -1.61. The molecular weight excluding hydrogens is 374 g/mol. The van der Waals surface area contributed by atoms with E-state index in [0.29, 0.717) is 6.54 Å². The van der Waals surface area contributed by atoms with Crippen molar-refractivity contribution < 1.29 is 23.9 Å². The molecule has 8 nitrogen and oxygen atoms in total. The second kappa shape index (κ2) is 10.8. The third-order valence-electron chi connectivity index (χ3n) is 3.95. The summed E-state index contributed by atoms with van der Waals surface area (Å²) in [5.41, 5.74) is 0.848. The summed E-state index contributed by atoms with van der Waals surface area (Å²) >= 11 is 0. The predicted molar refractivity (Wildman–Crippen MR) is 108 cm³/mol. The van der Waals surface area contributed by atoms with E-state index in [4.69, 9.17) is 4.74 Å². The Bertz CT molecular complexity index is 890. The monoisotopic (exact) mass is 399 g/mol. The van der Waals surface area contributed by atoms with Crippen LogP contribution in [0.3, 0.4) is 0 Å². The molecule has 0 saturated carbocycles. The molecule has 0 aliphatic carbocycles. The van der Waals surface area contributed by atoms with Crippen molar-refractivity contribution in [3.63, 3.8) is 0 Å². The van der Waals surface area contributed by atoms with Crippen molar-refractivity contribution in [1.82, 2.24) is 16.0 Å². The number of fused-ring (bicyclic) bond motifs is 1. The molecule has 154 valence electrons. The van der Waals surface area contributed by atoms with E-state index >= 15 is 0 Å². The Morgan fingerprint density at radius 3 is 2.41 bits per heavy atom. The van der Waals surface area contributed by atoms with Gasteiger partial charge in [0.15, 0.2) is 6.61 Å². The summed E-state index contributed by atoms with van der Waals surface area (Å²) in [6, 6.07) is 12.8. The minimum absolute atomic E-state index is 0.116. The second-order valence-corrected chi connectivity index (χ2v) is 6.90. The maximum Gasteiger partial charge on any atom is 0.325 e. The number of rotatable bonds is 8. The maximum atomic E-state index is 12.1. The van der Waals surface area contributed by atoms with Gasteiger partial charge < -0.3 is 15.4 Å². The third-order valence-corrected chi connectivity index (χ3v) is 3.95. The lowest BCUT2D eigenvalue weighted by Gasteiger charge is -2.09. The number of imide groups is 1. The molecule has 0 aliphatic heterocycles.